The number of carbonyl (C=O) groups is 1. The third-order valence-corrected chi connectivity index (χ3v) is 2.75. The van der Waals surface area contributed by atoms with Gasteiger partial charge in [0.2, 0.25) is 0 Å². The van der Waals surface area contributed by atoms with Gasteiger partial charge in [-0.2, -0.15) is 0 Å². The van der Waals surface area contributed by atoms with Crippen molar-refractivity contribution in [3.8, 4) is 11.5 Å². The Bertz CT molecular complexity index is 611. The second kappa shape index (κ2) is 6.06. The lowest BCUT2D eigenvalue weighted by Crippen LogP contribution is -2.13. The van der Waals surface area contributed by atoms with Gasteiger partial charge in [0.25, 0.3) is 5.91 Å². The molecule has 0 saturated heterocycles. The lowest BCUT2D eigenvalue weighted by Gasteiger charge is -2.11. The molecule has 0 spiro atoms. The Labute approximate surface area is 116 Å². The average molecular weight is 275 g/mol. The summed E-state index contributed by atoms with van der Waals surface area (Å²) < 4.78 is 23.0. The fraction of sp³-hybridized carbons (Fsp3) is 0.133. The number of anilines is 1. The Morgan fingerprint density at radius 2 is 1.75 bits per heavy atom. The van der Waals surface area contributed by atoms with Crippen LogP contribution >= 0.6 is 0 Å². The summed E-state index contributed by atoms with van der Waals surface area (Å²) in [5.74, 6) is 0.273. The van der Waals surface area contributed by atoms with Crippen molar-refractivity contribution in [2.24, 2.45) is 0 Å². The van der Waals surface area contributed by atoms with Crippen LogP contribution in [0.4, 0.5) is 10.1 Å². The van der Waals surface area contributed by atoms with Gasteiger partial charge >= 0.3 is 0 Å². The summed E-state index contributed by atoms with van der Waals surface area (Å²) in [4.78, 5) is 12.2. The van der Waals surface area contributed by atoms with E-state index in [-0.39, 0.29) is 11.7 Å². The number of hydrogen-bond acceptors (Lipinski definition) is 3. The van der Waals surface area contributed by atoms with Gasteiger partial charge in [0.1, 0.15) is 17.3 Å². The van der Waals surface area contributed by atoms with Crippen LogP contribution < -0.4 is 14.8 Å². The van der Waals surface area contributed by atoms with Gasteiger partial charge in [0.05, 0.1) is 19.8 Å². The summed E-state index contributed by atoms with van der Waals surface area (Å²) >= 11 is 0. The quantitative estimate of drug-likeness (QED) is 0.932. The van der Waals surface area contributed by atoms with Crippen LogP contribution in [0.25, 0.3) is 0 Å². The van der Waals surface area contributed by atoms with Crippen molar-refractivity contribution in [1.29, 1.82) is 0 Å². The highest BCUT2D eigenvalue weighted by Gasteiger charge is 2.13. The molecule has 0 atom stereocenters. The number of halogens is 1. The standard InChI is InChI=1S/C15H14FNO3/c1-19-12-7-8-14(20-2)13(9-12)15(18)17-11-5-3-10(16)4-6-11/h3-9H,1-2H3,(H,17,18). The molecular weight excluding hydrogens is 261 g/mol. The molecule has 5 heteroatoms. The minimum atomic E-state index is -0.359. The van der Waals surface area contributed by atoms with Crippen LogP contribution in [0.5, 0.6) is 11.5 Å². The topological polar surface area (TPSA) is 47.6 Å². The molecule has 2 aromatic carbocycles. The normalized spacial score (nSPS) is 9.95. The molecule has 0 aliphatic heterocycles. The maximum atomic E-state index is 12.8. The Morgan fingerprint density at radius 1 is 1.05 bits per heavy atom. The van der Waals surface area contributed by atoms with Gasteiger partial charge < -0.3 is 14.8 Å². The van der Waals surface area contributed by atoms with Crippen molar-refractivity contribution >= 4 is 11.6 Å². The van der Waals surface area contributed by atoms with E-state index < -0.39 is 0 Å². The summed E-state index contributed by atoms with van der Waals surface area (Å²) in [7, 11) is 3.00. The fourth-order valence-electron chi connectivity index (χ4n) is 1.72. The first-order chi connectivity index (χ1) is 9.63. The van der Waals surface area contributed by atoms with E-state index in [1.807, 2.05) is 0 Å². The van der Waals surface area contributed by atoms with E-state index in [0.29, 0.717) is 22.7 Å². The minimum absolute atomic E-state index is 0.344. The van der Waals surface area contributed by atoms with Crippen LogP contribution in [0.3, 0.4) is 0 Å². The first-order valence-electron chi connectivity index (χ1n) is 5.93. The van der Waals surface area contributed by atoms with Gasteiger partial charge in [-0.05, 0) is 42.5 Å². The van der Waals surface area contributed by atoms with Crippen LogP contribution in [-0.4, -0.2) is 20.1 Å². The summed E-state index contributed by atoms with van der Waals surface area (Å²) in [6, 6.07) is 10.5. The Balaban J connectivity index is 2.25. The van der Waals surface area contributed by atoms with Crippen molar-refractivity contribution in [1.82, 2.24) is 0 Å². The smallest absolute Gasteiger partial charge is 0.259 e. The molecule has 0 aliphatic rings. The zero-order chi connectivity index (χ0) is 14.5. The van der Waals surface area contributed by atoms with Crippen molar-refractivity contribution < 1.29 is 18.7 Å². The third-order valence-electron chi connectivity index (χ3n) is 2.75. The molecule has 0 aromatic heterocycles. The first-order valence-corrected chi connectivity index (χ1v) is 5.93. The molecule has 2 aromatic rings. The fourth-order valence-corrected chi connectivity index (χ4v) is 1.72. The highest BCUT2D eigenvalue weighted by molar-refractivity contribution is 6.06. The molecule has 0 fully saturated rings. The molecule has 1 amide bonds. The molecule has 104 valence electrons. The van der Waals surface area contributed by atoms with E-state index in [4.69, 9.17) is 9.47 Å². The number of ether oxygens (including phenoxy) is 2. The summed E-state index contributed by atoms with van der Waals surface area (Å²) in [5.41, 5.74) is 0.845. The number of carbonyl (C=O) groups excluding carboxylic acids is 1. The van der Waals surface area contributed by atoms with Crippen molar-refractivity contribution in [3.63, 3.8) is 0 Å². The van der Waals surface area contributed by atoms with E-state index in [1.165, 1.54) is 38.5 Å². The summed E-state index contributed by atoms with van der Waals surface area (Å²) in [6.45, 7) is 0. The van der Waals surface area contributed by atoms with Crippen molar-refractivity contribution in [3.05, 3.63) is 53.8 Å². The maximum absolute atomic E-state index is 12.8. The molecule has 0 heterocycles. The molecule has 1 N–H and O–H groups in total. The second-order valence-electron chi connectivity index (χ2n) is 4.03. The lowest BCUT2D eigenvalue weighted by molar-refractivity contribution is 0.102. The van der Waals surface area contributed by atoms with E-state index in [9.17, 15) is 9.18 Å². The first kappa shape index (κ1) is 13.9. The Hall–Kier alpha value is -2.56. The molecule has 0 saturated carbocycles. The van der Waals surface area contributed by atoms with Gasteiger partial charge in [0.15, 0.2) is 0 Å². The zero-order valence-electron chi connectivity index (χ0n) is 11.1. The lowest BCUT2D eigenvalue weighted by atomic mass is 10.1. The van der Waals surface area contributed by atoms with Gasteiger partial charge in [-0.1, -0.05) is 0 Å². The minimum Gasteiger partial charge on any atom is -0.497 e. The third kappa shape index (κ3) is 3.06. The number of methoxy groups -OCH3 is 2. The monoisotopic (exact) mass is 275 g/mol. The number of hydrogen-bond donors (Lipinski definition) is 1. The highest BCUT2D eigenvalue weighted by atomic mass is 19.1. The van der Waals surface area contributed by atoms with Gasteiger partial charge in [0, 0.05) is 5.69 Å². The molecule has 20 heavy (non-hydrogen) atoms. The molecule has 0 unspecified atom stereocenters. The molecule has 0 aliphatic carbocycles. The van der Waals surface area contributed by atoms with Crippen LogP contribution in [-0.2, 0) is 0 Å². The molecule has 0 radical (unpaired) electrons. The van der Waals surface area contributed by atoms with Crippen LogP contribution in [0.15, 0.2) is 42.5 Å². The van der Waals surface area contributed by atoms with E-state index in [2.05, 4.69) is 5.32 Å². The van der Waals surface area contributed by atoms with E-state index in [1.54, 1.807) is 18.2 Å². The predicted octanol–water partition coefficient (Wildman–Crippen LogP) is 3.10. The van der Waals surface area contributed by atoms with Crippen LogP contribution in [0.2, 0.25) is 0 Å². The molecule has 4 nitrogen and oxygen atoms in total. The predicted molar refractivity (Wildman–Crippen MR) is 73.9 cm³/mol. The van der Waals surface area contributed by atoms with Crippen LogP contribution in [0, 0.1) is 5.82 Å². The van der Waals surface area contributed by atoms with Crippen molar-refractivity contribution in [2.75, 3.05) is 19.5 Å². The second-order valence-corrected chi connectivity index (χ2v) is 4.03. The number of benzene rings is 2. The zero-order valence-corrected chi connectivity index (χ0v) is 11.1. The van der Waals surface area contributed by atoms with Crippen molar-refractivity contribution in [2.45, 2.75) is 0 Å². The summed E-state index contributed by atoms with van der Waals surface area (Å²) in [6.07, 6.45) is 0. The molecule has 0 bridgehead atoms. The number of rotatable bonds is 4. The van der Waals surface area contributed by atoms with E-state index in [0.717, 1.165) is 0 Å². The average Bonchev–Trinajstić information content (AvgIpc) is 2.48. The number of amides is 1. The highest BCUT2D eigenvalue weighted by Crippen LogP contribution is 2.25. The van der Waals surface area contributed by atoms with E-state index >= 15 is 0 Å². The summed E-state index contributed by atoms with van der Waals surface area (Å²) in [5, 5.41) is 2.67. The van der Waals surface area contributed by atoms with Gasteiger partial charge in [-0.25, -0.2) is 4.39 Å². The Kier molecular flexibility index (Phi) is 4.20. The van der Waals surface area contributed by atoms with Crippen LogP contribution in [0.1, 0.15) is 10.4 Å². The largest absolute Gasteiger partial charge is 0.497 e. The van der Waals surface area contributed by atoms with Gasteiger partial charge in [-0.15, -0.1) is 0 Å². The SMILES string of the molecule is COc1ccc(OC)c(C(=O)Nc2ccc(F)cc2)c1. The van der Waals surface area contributed by atoms with Gasteiger partial charge in [-0.3, -0.25) is 4.79 Å². The maximum Gasteiger partial charge on any atom is 0.259 e. The Morgan fingerprint density at radius 3 is 2.35 bits per heavy atom. The molecule has 2 rings (SSSR count). The number of nitrogens with one attached hydrogen (secondary N) is 1. The molecular formula is C15H14FNO3.